The molecular weight excluding hydrogens is 352 g/mol. The van der Waals surface area contributed by atoms with Crippen LogP contribution < -0.4 is 0 Å². The van der Waals surface area contributed by atoms with Gasteiger partial charge in [-0.3, -0.25) is 4.79 Å². The first-order chi connectivity index (χ1) is 12.8. The molecule has 7 nitrogen and oxygen atoms in total. The maximum atomic E-state index is 12.5. The Bertz CT molecular complexity index is 864. The van der Waals surface area contributed by atoms with Gasteiger partial charge in [-0.1, -0.05) is 60.7 Å². The van der Waals surface area contributed by atoms with Crippen LogP contribution in [0, 0.1) is 5.92 Å². The van der Waals surface area contributed by atoms with E-state index in [9.17, 15) is 29.7 Å². The summed E-state index contributed by atoms with van der Waals surface area (Å²) in [6, 6.07) is 16.6. The lowest BCUT2D eigenvalue weighted by Crippen LogP contribution is -2.65. The summed E-state index contributed by atoms with van der Waals surface area (Å²) in [5.41, 5.74) is -4.55. The van der Waals surface area contributed by atoms with Crippen molar-refractivity contribution >= 4 is 17.9 Å². The van der Waals surface area contributed by atoms with Crippen LogP contribution in [0.5, 0.6) is 0 Å². The minimum atomic E-state index is -2.93. The molecular formula is C20H18O7. The summed E-state index contributed by atoms with van der Waals surface area (Å²) in [5, 5.41) is 30.6. The third-order valence-corrected chi connectivity index (χ3v) is 4.93. The predicted molar refractivity (Wildman–Crippen MR) is 92.8 cm³/mol. The summed E-state index contributed by atoms with van der Waals surface area (Å²) < 4.78 is 5.11. The van der Waals surface area contributed by atoms with Crippen molar-refractivity contribution in [3.05, 3.63) is 71.8 Å². The molecule has 1 heterocycles. The number of esters is 1. The first-order valence-electron chi connectivity index (χ1n) is 8.31. The Kier molecular flexibility index (Phi) is 4.72. The second kappa shape index (κ2) is 6.85. The van der Waals surface area contributed by atoms with Gasteiger partial charge >= 0.3 is 17.9 Å². The number of aliphatic carboxylic acids is 2. The van der Waals surface area contributed by atoms with Gasteiger partial charge in [0.05, 0.1) is 0 Å². The minimum absolute atomic E-state index is 0.160. The van der Waals surface area contributed by atoms with Gasteiger partial charge in [-0.15, -0.1) is 0 Å². The van der Waals surface area contributed by atoms with Gasteiger partial charge in [0.15, 0.2) is 0 Å². The molecule has 0 amide bonds. The maximum absolute atomic E-state index is 12.5. The van der Waals surface area contributed by atoms with Gasteiger partial charge < -0.3 is 20.1 Å². The van der Waals surface area contributed by atoms with Crippen LogP contribution in [0.4, 0.5) is 0 Å². The minimum Gasteiger partial charge on any atom is -0.479 e. The van der Waals surface area contributed by atoms with Gasteiger partial charge in [-0.05, 0) is 17.5 Å². The SMILES string of the molecule is O=C1O[C@](Cc2ccccc2)(C(=O)O)[C@](O)(C(=O)O)C1Cc1ccccc1. The average molecular weight is 370 g/mol. The Labute approximate surface area is 154 Å². The van der Waals surface area contributed by atoms with Crippen LogP contribution in [0.3, 0.4) is 0 Å². The standard InChI is InChI=1S/C20H18O7/c21-16-15(11-13-7-3-1-4-8-13)20(26,18(24)25)19(27-16,17(22)23)12-14-9-5-2-6-10-14/h1-10,15,26H,11-12H2,(H,22,23)(H,24,25)/t15?,19-,20-/m1/s1. The highest BCUT2D eigenvalue weighted by Crippen LogP contribution is 2.45. The largest absolute Gasteiger partial charge is 0.479 e. The van der Waals surface area contributed by atoms with Crippen LogP contribution in [0.1, 0.15) is 11.1 Å². The monoisotopic (exact) mass is 370 g/mol. The Morgan fingerprint density at radius 1 is 0.889 bits per heavy atom. The molecule has 1 saturated heterocycles. The molecule has 2 aromatic rings. The zero-order valence-electron chi connectivity index (χ0n) is 14.2. The lowest BCUT2D eigenvalue weighted by molar-refractivity contribution is -0.199. The number of carbonyl (C=O) groups is 3. The fraction of sp³-hybridized carbons (Fsp3) is 0.250. The average Bonchev–Trinajstić information content (AvgIpc) is 2.86. The number of hydrogen-bond acceptors (Lipinski definition) is 5. The number of hydrogen-bond donors (Lipinski definition) is 3. The fourth-order valence-electron chi connectivity index (χ4n) is 3.51. The molecule has 1 aliphatic heterocycles. The molecule has 2 aromatic carbocycles. The van der Waals surface area contributed by atoms with Crippen molar-refractivity contribution in [1.29, 1.82) is 0 Å². The van der Waals surface area contributed by atoms with Gasteiger partial charge in [0.1, 0.15) is 5.92 Å². The number of carbonyl (C=O) groups excluding carboxylic acids is 1. The Morgan fingerprint density at radius 2 is 1.41 bits per heavy atom. The summed E-state index contributed by atoms with van der Waals surface area (Å²) in [4.78, 5) is 36.6. The smallest absolute Gasteiger partial charge is 0.352 e. The first-order valence-corrected chi connectivity index (χ1v) is 8.31. The van der Waals surface area contributed by atoms with Gasteiger partial charge in [0.2, 0.25) is 5.60 Å². The van der Waals surface area contributed by atoms with E-state index in [1.807, 2.05) is 0 Å². The van der Waals surface area contributed by atoms with E-state index in [0.717, 1.165) is 0 Å². The van der Waals surface area contributed by atoms with Crippen molar-refractivity contribution < 1.29 is 34.4 Å². The van der Waals surface area contributed by atoms with Crippen molar-refractivity contribution in [3.63, 3.8) is 0 Å². The van der Waals surface area contributed by atoms with Crippen LogP contribution in [-0.2, 0) is 32.0 Å². The zero-order chi connectivity index (χ0) is 19.7. The quantitative estimate of drug-likeness (QED) is 0.655. The number of rotatable bonds is 6. The van der Waals surface area contributed by atoms with E-state index in [2.05, 4.69) is 0 Å². The number of carboxylic acids is 2. The number of benzene rings is 2. The number of ether oxygens (including phenoxy) is 1. The predicted octanol–water partition coefficient (Wildman–Crippen LogP) is 1.28. The van der Waals surface area contributed by atoms with E-state index in [0.29, 0.717) is 11.1 Å². The highest BCUT2D eigenvalue weighted by molar-refractivity contribution is 6.00. The second-order valence-corrected chi connectivity index (χ2v) is 6.53. The van der Waals surface area contributed by atoms with Crippen molar-refractivity contribution in [3.8, 4) is 0 Å². The summed E-state index contributed by atoms with van der Waals surface area (Å²) in [7, 11) is 0. The molecule has 0 bridgehead atoms. The highest BCUT2D eigenvalue weighted by atomic mass is 16.6. The molecule has 3 rings (SSSR count). The molecule has 0 aromatic heterocycles. The molecule has 3 N–H and O–H groups in total. The Hall–Kier alpha value is -3.19. The van der Waals surface area contributed by atoms with E-state index in [1.54, 1.807) is 60.7 Å². The summed E-state index contributed by atoms with van der Waals surface area (Å²) in [6.07, 6.45) is -0.630. The normalized spacial score (nSPS) is 27.1. The summed E-state index contributed by atoms with van der Waals surface area (Å²) >= 11 is 0. The molecule has 0 spiro atoms. The molecule has 1 aliphatic rings. The second-order valence-electron chi connectivity index (χ2n) is 6.53. The third kappa shape index (κ3) is 2.96. The number of carboxylic acid groups (broad SMARTS) is 2. The number of cyclic esters (lactones) is 1. The van der Waals surface area contributed by atoms with Crippen molar-refractivity contribution in [2.75, 3.05) is 0 Å². The van der Waals surface area contributed by atoms with Gasteiger partial charge in [0.25, 0.3) is 5.60 Å². The van der Waals surface area contributed by atoms with Gasteiger partial charge in [0, 0.05) is 6.42 Å². The van der Waals surface area contributed by atoms with Crippen LogP contribution in [0.25, 0.3) is 0 Å². The maximum Gasteiger partial charge on any atom is 0.352 e. The van der Waals surface area contributed by atoms with E-state index in [-0.39, 0.29) is 6.42 Å². The van der Waals surface area contributed by atoms with Crippen molar-refractivity contribution in [2.24, 2.45) is 5.92 Å². The van der Waals surface area contributed by atoms with Crippen molar-refractivity contribution in [1.82, 2.24) is 0 Å². The van der Waals surface area contributed by atoms with E-state index in [1.165, 1.54) is 0 Å². The highest BCUT2D eigenvalue weighted by Gasteiger charge is 2.74. The van der Waals surface area contributed by atoms with Crippen LogP contribution >= 0.6 is 0 Å². The molecule has 3 atom stereocenters. The fourth-order valence-corrected chi connectivity index (χ4v) is 3.51. The van der Waals surface area contributed by atoms with E-state index < -0.39 is 41.4 Å². The van der Waals surface area contributed by atoms with Crippen LogP contribution in [0.15, 0.2) is 60.7 Å². The Morgan fingerprint density at radius 3 is 1.89 bits per heavy atom. The number of aliphatic hydroxyl groups is 1. The lowest BCUT2D eigenvalue weighted by Gasteiger charge is -2.35. The molecule has 7 heteroatoms. The van der Waals surface area contributed by atoms with Gasteiger partial charge in [-0.2, -0.15) is 0 Å². The van der Waals surface area contributed by atoms with Crippen LogP contribution in [-0.4, -0.2) is 44.4 Å². The molecule has 0 radical (unpaired) electrons. The molecule has 140 valence electrons. The van der Waals surface area contributed by atoms with E-state index >= 15 is 0 Å². The van der Waals surface area contributed by atoms with Crippen molar-refractivity contribution in [2.45, 2.75) is 24.0 Å². The summed E-state index contributed by atoms with van der Waals surface area (Å²) in [6.45, 7) is 0. The zero-order valence-corrected chi connectivity index (χ0v) is 14.2. The van der Waals surface area contributed by atoms with Gasteiger partial charge in [-0.25, -0.2) is 9.59 Å². The molecule has 0 aliphatic carbocycles. The molecule has 27 heavy (non-hydrogen) atoms. The Balaban J connectivity index is 2.09. The molecule has 0 saturated carbocycles. The molecule has 1 fully saturated rings. The topological polar surface area (TPSA) is 121 Å². The first kappa shape index (κ1) is 18.6. The molecule has 1 unspecified atom stereocenters. The van der Waals surface area contributed by atoms with Crippen LogP contribution in [0.2, 0.25) is 0 Å². The lowest BCUT2D eigenvalue weighted by atomic mass is 9.71. The third-order valence-electron chi connectivity index (χ3n) is 4.93. The van der Waals surface area contributed by atoms with E-state index in [4.69, 9.17) is 4.74 Å². The summed E-state index contributed by atoms with van der Waals surface area (Å²) in [5.74, 6) is -6.13.